The molecule has 1 aliphatic rings. The van der Waals surface area contributed by atoms with Crippen molar-refractivity contribution in [3.63, 3.8) is 0 Å². The SMILES string of the molecule is CCOC(=O)N1CCC(C(=O)Nc2nc(-c3ccc4ccccc4c3)cs2)CC1. The number of benzene rings is 2. The van der Waals surface area contributed by atoms with Crippen molar-refractivity contribution in [2.24, 2.45) is 5.92 Å². The zero-order chi connectivity index (χ0) is 20.2. The summed E-state index contributed by atoms with van der Waals surface area (Å²) in [6.07, 6.45) is 0.965. The van der Waals surface area contributed by atoms with E-state index in [0.717, 1.165) is 16.6 Å². The zero-order valence-electron chi connectivity index (χ0n) is 16.3. The van der Waals surface area contributed by atoms with Gasteiger partial charge < -0.3 is 15.0 Å². The average Bonchev–Trinajstić information content (AvgIpc) is 3.22. The van der Waals surface area contributed by atoms with Crippen LogP contribution in [0.2, 0.25) is 0 Å². The molecule has 0 bridgehead atoms. The number of fused-ring (bicyclic) bond motifs is 1. The third-order valence-corrected chi connectivity index (χ3v) is 5.93. The quantitative estimate of drug-likeness (QED) is 0.674. The van der Waals surface area contributed by atoms with E-state index in [1.807, 2.05) is 23.6 Å². The van der Waals surface area contributed by atoms with Crippen molar-refractivity contribution in [1.29, 1.82) is 0 Å². The van der Waals surface area contributed by atoms with Crippen molar-refractivity contribution in [2.45, 2.75) is 19.8 Å². The van der Waals surface area contributed by atoms with Gasteiger partial charge in [-0.05, 0) is 36.6 Å². The molecule has 1 aromatic heterocycles. The van der Waals surface area contributed by atoms with Crippen LogP contribution in [0.3, 0.4) is 0 Å². The third-order valence-electron chi connectivity index (χ3n) is 5.17. The Morgan fingerprint density at radius 3 is 2.69 bits per heavy atom. The Morgan fingerprint density at radius 1 is 1.17 bits per heavy atom. The maximum atomic E-state index is 12.6. The maximum Gasteiger partial charge on any atom is 0.409 e. The Labute approximate surface area is 173 Å². The number of aromatic nitrogens is 1. The number of amides is 2. The van der Waals surface area contributed by atoms with Crippen molar-refractivity contribution in [3.8, 4) is 11.3 Å². The van der Waals surface area contributed by atoms with Gasteiger partial charge in [-0.2, -0.15) is 0 Å². The van der Waals surface area contributed by atoms with Crippen LogP contribution in [0.1, 0.15) is 19.8 Å². The lowest BCUT2D eigenvalue weighted by atomic mass is 9.96. The molecule has 0 saturated carbocycles. The number of hydrogen-bond donors (Lipinski definition) is 1. The summed E-state index contributed by atoms with van der Waals surface area (Å²) in [5.74, 6) is -0.151. The number of likely N-dealkylation sites (tertiary alicyclic amines) is 1. The van der Waals surface area contributed by atoms with Gasteiger partial charge in [0, 0.05) is 30.0 Å². The van der Waals surface area contributed by atoms with Gasteiger partial charge in [0.15, 0.2) is 5.13 Å². The fraction of sp³-hybridized carbons (Fsp3) is 0.318. The number of ether oxygens (including phenoxy) is 1. The standard InChI is InChI=1S/C22H23N3O3S/c1-2-28-22(27)25-11-9-16(10-12-25)20(26)24-21-23-19(14-29-21)18-8-7-15-5-3-4-6-17(15)13-18/h3-8,13-14,16H,2,9-12H2,1H3,(H,23,24,26). The van der Waals surface area contributed by atoms with Crippen molar-refractivity contribution in [2.75, 3.05) is 25.0 Å². The number of nitrogens with zero attached hydrogens (tertiary/aromatic N) is 2. The fourth-order valence-corrected chi connectivity index (χ4v) is 4.28. The van der Waals surface area contributed by atoms with E-state index < -0.39 is 0 Å². The van der Waals surface area contributed by atoms with Crippen LogP contribution in [0.5, 0.6) is 0 Å². The van der Waals surface area contributed by atoms with E-state index in [1.54, 1.807) is 11.8 Å². The Kier molecular flexibility index (Phi) is 5.76. The lowest BCUT2D eigenvalue weighted by molar-refractivity contribution is -0.121. The highest BCUT2D eigenvalue weighted by Gasteiger charge is 2.28. The molecule has 1 saturated heterocycles. The first-order valence-electron chi connectivity index (χ1n) is 9.81. The van der Waals surface area contributed by atoms with E-state index in [2.05, 4.69) is 34.6 Å². The number of nitrogens with one attached hydrogen (secondary N) is 1. The predicted octanol–water partition coefficient (Wildman–Crippen LogP) is 4.77. The minimum absolute atomic E-state index is 0.0343. The molecule has 7 heteroatoms. The summed E-state index contributed by atoms with van der Waals surface area (Å²) in [5.41, 5.74) is 1.89. The molecule has 29 heavy (non-hydrogen) atoms. The summed E-state index contributed by atoms with van der Waals surface area (Å²) in [5, 5.41) is 7.86. The topological polar surface area (TPSA) is 71.5 Å². The van der Waals surface area contributed by atoms with E-state index in [9.17, 15) is 9.59 Å². The second-order valence-corrected chi connectivity index (χ2v) is 7.91. The molecule has 2 amide bonds. The third kappa shape index (κ3) is 4.40. The van der Waals surface area contributed by atoms with Crippen LogP contribution >= 0.6 is 11.3 Å². The Bertz CT molecular complexity index is 1020. The van der Waals surface area contributed by atoms with E-state index in [-0.39, 0.29) is 17.9 Å². The molecule has 2 heterocycles. The highest BCUT2D eigenvalue weighted by Crippen LogP contribution is 2.28. The molecule has 1 N–H and O–H groups in total. The van der Waals surface area contributed by atoms with Gasteiger partial charge in [0.25, 0.3) is 0 Å². The summed E-state index contributed by atoms with van der Waals surface area (Å²) in [7, 11) is 0. The number of carbonyl (C=O) groups is 2. The first-order chi connectivity index (χ1) is 14.1. The molecule has 0 spiro atoms. The predicted molar refractivity (Wildman–Crippen MR) is 115 cm³/mol. The second kappa shape index (κ2) is 8.61. The largest absolute Gasteiger partial charge is 0.450 e. The van der Waals surface area contributed by atoms with Gasteiger partial charge in [0.1, 0.15) is 0 Å². The molecule has 1 aliphatic heterocycles. The molecule has 150 valence electrons. The summed E-state index contributed by atoms with van der Waals surface area (Å²) in [6.45, 7) is 3.23. The van der Waals surface area contributed by atoms with Crippen molar-refractivity contribution >= 4 is 39.2 Å². The summed E-state index contributed by atoms with van der Waals surface area (Å²) < 4.78 is 5.02. The van der Waals surface area contributed by atoms with Gasteiger partial charge in [-0.1, -0.05) is 36.4 Å². The molecular formula is C22H23N3O3S. The van der Waals surface area contributed by atoms with Gasteiger partial charge in [-0.3, -0.25) is 4.79 Å². The van der Waals surface area contributed by atoms with Crippen molar-refractivity contribution in [1.82, 2.24) is 9.88 Å². The summed E-state index contributed by atoms with van der Waals surface area (Å²) in [6, 6.07) is 14.5. The molecule has 0 aliphatic carbocycles. The van der Waals surface area contributed by atoms with Crippen LogP contribution in [-0.2, 0) is 9.53 Å². The highest BCUT2D eigenvalue weighted by atomic mass is 32.1. The Morgan fingerprint density at radius 2 is 1.93 bits per heavy atom. The van der Waals surface area contributed by atoms with Crippen LogP contribution in [0.4, 0.5) is 9.93 Å². The molecule has 3 aromatic rings. The van der Waals surface area contributed by atoms with Crippen molar-refractivity contribution in [3.05, 3.63) is 47.8 Å². The molecule has 0 unspecified atom stereocenters. The van der Waals surface area contributed by atoms with Gasteiger partial charge >= 0.3 is 6.09 Å². The molecule has 1 fully saturated rings. The number of carbonyl (C=O) groups excluding carboxylic acids is 2. The van der Waals surface area contributed by atoms with Crippen molar-refractivity contribution < 1.29 is 14.3 Å². The zero-order valence-corrected chi connectivity index (χ0v) is 17.1. The number of piperidine rings is 1. The molecule has 0 atom stereocenters. The molecule has 4 rings (SSSR count). The first kappa shape index (κ1) is 19.4. The summed E-state index contributed by atoms with van der Waals surface area (Å²) in [4.78, 5) is 30.6. The Balaban J connectivity index is 1.37. The van der Waals surface area contributed by atoms with E-state index in [1.165, 1.54) is 16.7 Å². The van der Waals surface area contributed by atoms with Crippen LogP contribution in [-0.4, -0.2) is 41.6 Å². The molecule has 6 nitrogen and oxygen atoms in total. The van der Waals surface area contributed by atoms with E-state index in [4.69, 9.17) is 4.74 Å². The van der Waals surface area contributed by atoms with Crippen LogP contribution in [0, 0.1) is 5.92 Å². The maximum absolute atomic E-state index is 12.6. The van der Waals surface area contributed by atoms with Gasteiger partial charge in [-0.15, -0.1) is 11.3 Å². The van der Waals surface area contributed by atoms with E-state index >= 15 is 0 Å². The number of hydrogen-bond acceptors (Lipinski definition) is 5. The number of rotatable bonds is 4. The second-order valence-electron chi connectivity index (χ2n) is 7.05. The smallest absolute Gasteiger partial charge is 0.409 e. The summed E-state index contributed by atoms with van der Waals surface area (Å²) >= 11 is 1.43. The van der Waals surface area contributed by atoms with Gasteiger partial charge in [0.2, 0.25) is 5.91 Å². The number of anilines is 1. The first-order valence-corrected chi connectivity index (χ1v) is 10.7. The lowest BCUT2D eigenvalue weighted by Gasteiger charge is -2.30. The average molecular weight is 410 g/mol. The normalized spacial score (nSPS) is 14.7. The van der Waals surface area contributed by atoms with Gasteiger partial charge in [-0.25, -0.2) is 9.78 Å². The van der Waals surface area contributed by atoms with Gasteiger partial charge in [0.05, 0.1) is 12.3 Å². The highest BCUT2D eigenvalue weighted by molar-refractivity contribution is 7.14. The van der Waals surface area contributed by atoms with Crippen LogP contribution in [0.15, 0.2) is 47.8 Å². The minimum Gasteiger partial charge on any atom is -0.450 e. The molecule has 0 radical (unpaired) electrons. The van der Waals surface area contributed by atoms with Crippen LogP contribution < -0.4 is 5.32 Å². The minimum atomic E-state index is -0.300. The molecular weight excluding hydrogens is 386 g/mol. The lowest BCUT2D eigenvalue weighted by Crippen LogP contribution is -2.41. The molecule has 2 aromatic carbocycles. The fourth-order valence-electron chi connectivity index (χ4n) is 3.56. The monoisotopic (exact) mass is 409 g/mol. The van der Waals surface area contributed by atoms with Crippen LogP contribution in [0.25, 0.3) is 22.0 Å². The Hall–Kier alpha value is -2.93. The van der Waals surface area contributed by atoms with E-state index in [0.29, 0.717) is 37.7 Å². The number of thiazole rings is 1.